The third-order valence-corrected chi connectivity index (χ3v) is 8.59. The topological polar surface area (TPSA) is 57.2 Å². The molecule has 0 aliphatic carbocycles. The summed E-state index contributed by atoms with van der Waals surface area (Å²) in [6.07, 6.45) is 21.6. The van der Waals surface area contributed by atoms with Crippen molar-refractivity contribution in [3.63, 3.8) is 0 Å². The number of quaternary nitrogens is 1. The lowest BCUT2D eigenvalue weighted by atomic mass is 9.98. The first kappa shape index (κ1) is 32.4. The second-order valence-electron chi connectivity index (χ2n) is 10.1. The van der Waals surface area contributed by atoms with Crippen molar-refractivity contribution in [3.05, 3.63) is 30.3 Å². The van der Waals surface area contributed by atoms with Crippen LogP contribution in [0.2, 0.25) is 0 Å². The van der Waals surface area contributed by atoms with Crippen LogP contribution in [0.5, 0.6) is 0 Å². The number of benzene rings is 1. The van der Waals surface area contributed by atoms with Crippen LogP contribution in [0, 0.1) is 9.85 Å². The van der Waals surface area contributed by atoms with Crippen molar-refractivity contribution in [2.45, 2.75) is 121 Å². The van der Waals surface area contributed by atoms with E-state index in [0.29, 0.717) is 0 Å². The summed E-state index contributed by atoms with van der Waals surface area (Å²) in [7, 11) is -4.25. The Bertz CT molecular complexity index is 819. The quantitative estimate of drug-likeness (QED) is 0.0658. The largest absolute Gasteiger partial charge is 0.744 e. The first-order valence-electron chi connectivity index (χ1n) is 13.8. The normalized spacial score (nSPS) is 19.8. The summed E-state index contributed by atoms with van der Waals surface area (Å²) < 4.78 is 35.2. The Hall–Kier alpha value is -0.620. The van der Waals surface area contributed by atoms with Crippen molar-refractivity contribution in [1.82, 2.24) is 0 Å². The van der Waals surface area contributed by atoms with E-state index in [0.717, 1.165) is 12.6 Å². The fourth-order valence-corrected chi connectivity index (χ4v) is 5.71. The smallest absolute Gasteiger partial charge is 0.141 e. The zero-order chi connectivity index (χ0) is 25.8. The van der Waals surface area contributed by atoms with Gasteiger partial charge in [0.15, 0.2) is 0 Å². The highest BCUT2D eigenvalue weighted by atomic mass is 127. The Labute approximate surface area is 230 Å². The lowest BCUT2D eigenvalue weighted by Crippen LogP contribution is -2.57. The molecule has 4 nitrogen and oxygen atoms in total. The average Bonchev–Trinajstić information content (AvgIpc) is 2.85. The molecule has 0 bridgehead atoms. The molecule has 0 radical (unpaired) electrons. The molecule has 1 heterocycles. The summed E-state index contributed by atoms with van der Waals surface area (Å²) in [5.41, 5.74) is 0. The highest BCUT2D eigenvalue weighted by molar-refractivity contribution is 14.1. The van der Waals surface area contributed by atoms with Gasteiger partial charge < -0.3 is 9.04 Å². The van der Waals surface area contributed by atoms with Crippen LogP contribution in [0.15, 0.2) is 35.2 Å². The third kappa shape index (κ3) is 14.6. The molecule has 1 aromatic rings. The number of rotatable bonds is 15. The van der Waals surface area contributed by atoms with E-state index in [9.17, 15) is 13.0 Å². The number of piperidine rings is 1. The second kappa shape index (κ2) is 19.5. The van der Waals surface area contributed by atoms with Crippen molar-refractivity contribution >= 4 is 32.7 Å². The van der Waals surface area contributed by atoms with E-state index < -0.39 is 10.1 Å². The lowest BCUT2D eigenvalue weighted by Gasteiger charge is -2.45. The minimum absolute atomic E-state index is 0.185. The van der Waals surface area contributed by atoms with Gasteiger partial charge in [0.25, 0.3) is 0 Å². The zero-order valence-corrected chi connectivity index (χ0v) is 25.1. The second-order valence-corrected chi connectivity index (χ2v) is 12.0. The van der Waals surface area contributed by atoms with Crippen LogP contribution in [0.3, 0.4) is 0 Å². The molecule has 0 saturated carbocycles. The fourth-order valence-electron chi connectivity index (χ4n) is 5.05. The standard InChI is InChI=1S/C23H43IN.C6H6O3S/c1-3-4-5-6-7-8-9-10-11-12-13-15-20-25(22-17-19-24)21-16-14-18-23(25)2;7-10(8,9)6-4-2-1-3-5-6/h23H,3-16,18,20-22H2,1-2H3;1-5H,(H,7,8,9)/q+1;/p-1. The highest BCUT2D eigenvalue weighted by Gasteiger charge is 2.35. The SMILES string of the molecule is CCCCCCCCCCCCCC[N+]1(CC#CI)CCCCC1C.O=S(=O)([O-])c1ccccc1. The van der Waals surface area contributed by atoms with E-state index >= 15 is 0 Å². The molecule has 200 valence electrons. The van der Waals surface area contributed by atoms with Crippen LogP contribution in [0.4, 0.5) is 0 Å². The summed E-state index contributed by atoms with van der Waals surface area (Å²) in [5.74, 6) is 3.39. The first-order valence-corrected chi connectivity index (χ1v) is 16.3. The Balaban J connectivity index is 0.000000507. The summed E-state index contributed by atoms with van der Waals surface area (Å²) in [6.45, 7) is 8.58. The maximum atomic E-state index is 10.3. The number of halogens is 1. The monoisotopic (exact) mass is 617 g/mol. The number of hydrogen-bond donors (Lipinski definition) is 0. The molecule has 1 fully saturated rings. The molecule has 0 spiro atoms. The molecule has 2 atom stereocenters. The fraction of sp³-hybridized carbons (Fsp3) is 0.724. The van der Waals surface area contributed by atoms with E-state index in [4.69, 9.17) is 0 Å². The van der Waals surface area contributed by atoms with Crippen LogP contribution < -0.4 is 0 Å². The van der Waals surface area contributed by atoms with E-state index in [1.165, 1.54) is 138 Å². The summed E-state index contributed by atoms with van der Waals surface area (Å²) in [4.78, 5) is -0.185. The van der Waals surface area contributed by atoms with E-state index in [-0.39, 0.29) is 4.90 Å². The Morgan fingerprint density at radius 2 is 1.46 bits per heavy atom. The summed E-state index contributed by atoms with van der Waals surface area (Å²) >= 11 is 2.20. The van der Waals surface area contributed by atoms with Gasteiger partial charge in [0.1, 0.15) is 16.7 Å². The molecule has 1 saturated heterocycles. The number of unbranched alkanes of at least 4 members (excludes halogenated alkanes) is 11. The molecule has 35 heavy (non-hydrogen) atoms. The minimum atomic E-state index is -4.25. The first-order chi connectivity index (χ1) is 16.9. The van der Waals surface area contributed by atoms with Gasteiger partial charge in [-0.2, -0.15) is 0 Å². The van der Waals surface area contributed by atoms with E-state index in [1.54, 1.807) is 6.07 Å². The van der Waals surface area contributed by atoms with Crippen molar-refractivity contribution in [3.8, 4) is 9.85 Å². The molecule has 1 aliphatic rings. The van der Waals surface area contributed by atoms with Crippen molar-refractivity contribution in [2.75, 3.05) is 19.6 Å². The number of likely N-dealkylation sites (tertiary alicyclic amines) is 1. The Kier molecular flexibility index (Phi) is 18.0. The van der Waals surface area contributed by atoms with E-state index in [2.05, 4.69) is 46.3 Å². The average molecular weight is 618 g/mol. The van der Waals surface area contributed by atoms with Crippen molar-refractivity contribution in [1.29, 1.82) is 0 Å². The maximum absolute atomic E-state index is 10.3. The van der Waals surface area contributed by atoms with Gasteiger partial charge in [-0.3, -0.25) is 0 Å². The van der Waals surface area contributed by atoms with Crippen molar-refractivity contribution in [2.24, 2.45) is 0 Å². The molecule has 2 unspecified atom stereocenters. The maximum Gasteiger partial charge on any atom is 0.141 e. The molecule has 0 N–H and O–H groups in total. The van der Waals surface area contributed by atoms with Crippen LogP contribution in [-0.2, 0) is 10.1 Å². The lowest BCUT2D eigenvalue weighted by molar-refractivity contribution is -0.948. The molecular formula is C29H48INO3S. The molecule has 1 aliphatic heterocycles. The Morgan fingerprint density at radius 1 is 0.914 bits per heavy atom. The van der Waals surface area contributed by atoms with Gasteiger partial charge in [0.05, 0.1) is 24.0 Å². The van der Waals surface area contributed by atoms with Gasteiger partial charge in [0.2, 0.25) is 0 Å². The van der Waals surface area contributed by atoms with Gasteiger partial charge in [-0.25, -0.2) is 8.42 Å². The third-order valence-electron chi connectivity index (χ3n) is 7.36. The molecule has 2 rings (SSSR count). The molecule has 0 aromatic heterocycles. The predicted octanol–water partition coefficient (Wildman–Crippen LogP) is 8.06. The molecule has 6 heteroatoms. The Morgan fingerprint density at radius 3 is 1.91 bits per heavy atom. The van der Waals surface area contributed by atoms with Gasteiger partial charge >= 0.3 is 0 Å². The summed E-state index contributed by atoms with van der Waals surface area (Å²) in [6, 6.07) is 8.01. The van der Waals surface area contributed by atoms with E-state index in [1.807, 2.05) is 0 Å². The zero-order valence-electron chi connectivity index (χ0n) is 22.2. The minimum Gasteiger partial charge on any atom is -0.744 e. The van der Waals surface area contributed by atoms with Crippen molar-refractivity contribution < 1.29 is 17.5 Å². The molecule has 0 amide bonds. The summed E-state index contributed by atoms with van der Waals surface area (Å²) in [5, 5.41) is 0. The number of nitrogens with zero attached hydrogens (tertiary/aromatic N) is 1. The van der Waals surface area contributed by atoms with Crippen LogP contribution in [-0.4, -0.2) is 43.1 Å². The highest BCUT2D eigenvalue weighted by Crippen LogP contribution is 2.26. The number of hydrogen-bond acceptors (Lipinski definition) is 3. The van der Waals surface area contributed by atoms with Crippen LogP contribution >= 0.6 is 22.6 Å². The van der Waals surface area contributed by atoms with Crippen LogP contribution in [0.1, 0.15) is 110 Å². The predicted molar refractivity (Wildman–Crippen MR) is 155 cm³/mol. The molecular weight excluding hydrogens is 569 g/mol. The van der Waals surface area contributed by atoms with Gasteiger partial charge in [-0.1, -0.05) is 89.3 Å². The van der Waals surface area contributed by atoms with Gasteiger partial charge in [0, 0.05) is 22.6 Å². The molecule has 1 aromatic carbocycles. The van der Waals surface area contributed by atoms with Gasteiger partial charge in [-0.05, 0) is 61.0 Å². The van der Waals surface area contributed by atoms with Gasteiger partial charge in [-0.15, -0.1) is 0 Å². The van der Waals surface area contributed by atoms with Crippen LogP contribution in [0.25, 0.3) is 0 Å².